The molecule has 0 aliphatic carbocycles. The van der Waals surface area contributed by atoms with Gasteiger partial charge in [-0.25, -0.2) is 0 Å². The fourth-order valence-corrected chi connectivity index (χ4v) is 2.01. The van der Waals surface area contributed by atoms with Crippen molar-refractivity contribution in [1.82, 2.24) is 5.32 Å². The highest BCUT2D eigenvalue weighted by Gasteiger charge is 2.54. The summed E-state index contributed by atoms with van der Waals surface area (Å²) in [4.78, 5) is 11.6. The molecule has 0 heterocycles. The maximum absolute atomic E-state index is 12.6. The minimum Gasteiger partial charge on any atom is -0.348 e. The highest BCUT2D eigenvalue weighted by molar-refractivity contribution is 9.10. The second-order valence-corrected chi connectivity index (χ2v) is 5.27. The van der Waals surface area contributed by atoms with Crippen LogP contribution in [0.1, 0.15) is 25.5 Å². The number of rotatable bonds is 3. The SMILES string of the molecule is CC(NC(=O)C(C)(N)C(F)(F)F)c1ccccc1Br. The fourth-order valence-electron chi connectivity index (χ4n) is 1.38. The van der Waals surface area contributed by atoms with Crippen LogP contribution in [0.4, 0.5) is 13.2 Å². The molecule has 1 aromatic rings. The average Bonchev–Trinajstić information content (AvgIpc) is 2.27. The van der Waals surface area contributed by atoms with Crippen molar-refractivity contribution >= 4 is 21.8 Å². The Bertz CT molecular complexity index is 474. The first kappa shape index (κ1) is 16.0. The lowest BCUT2D eigenvalue weighted by molar-refractivity contribution is -0.187. The van der Waals surface area contributed by atoms with Crippen LogP contribution in [0.15, 0.2) is 28.7 Å². The third-order valence-corrected chi connectivity index (χ3v) is 3.50. The van der Waals surface area contributed by atoms with Crippen molar-refractivity contribution in [2.45, 2.75) is 31.6 Å². The fraction of sp³-hybridized carbons (Fsp3) is 0.417. The van der Waals surface area contributed by atoms with Gasteiger partial charge in [0.1, 0.15) is 0 Å². The Morgan fingerprint density at radius 3 is 2.37 bits per heavy atom. The maximum Gasteiger partial charge on any atom is 0.415 e. The molecular formula is C12H14BrF3N2O. The zero-order valence-electron chi connectivity index (χ0n) is 10.4. The zero-order chi connectivity index (χ0) is 14.8. The number of halogens is 4. The van der Waals surface area contributed by atoms with Crippen LogP contribution in [-0.2, 0) is 4.79 Å². The quantitative estimate of drug-likeness (QED) is 0.890. The zero-order valence-corrected chi connectivity index (χ0v) is 12.0. The van der Waals surface area contributed by atoms with Crippen molar-refractivity contribution in [1.29, 1.82) is 0 Å². The molecule has 0 saturated heterocycles. The molecule has 0 fully saturated rings. The van der Waals surface area contributed by atoms with E-state index in [0.29, 0.717) is 17.0 Å². The Labute approximate surface area is 117 Å². The van der Waals surface area contributed by atoms with Gasteiger partial charge in [0.05, 0.1) is 6.04 Å². The Balaban J connectivity index is 2.87. The number of benzene rings is 1. The van der Waals surface area contributed by atoms with Gasteiger partial charge < -0.3 is 11.1 Å². The molecule has 19 heavy (non-hydrogen) atoms. The van der Waals surface area contributed by atoms with Crippen LogP contribution in [0.2, 0.25) is 0 Å². The Morgan fingerprint density at radius 2 is 1.89 bits per heavy atom. The molecule has 1 aromatic carbocycles. The lowest BCUT2D eigenvalue weighted by Crippen LogP contribution is -2.61. The molecule has 1 rings (SSSR count). The standard InChI is InChI=1S/C12H14BrF3N2O/c1-7(8-5-3-4-6-9(8)13)18-10(19)11(2,17)12(14,15)16/h3-7H,17H2,1-2H3,(H,18,19). The third-order valence-electron chi connectivity index (χ3n) is 2.78. The van der Waals surface area contributed by atoms with Crippen LogP contribution in [0.25, 0.3) is 0 Å². The summed E-state index contributed by atoms with van der Waals surface area (Å²) in [6.45, 7) is 2.24. The Kier molecular flexibility index (Phi) is 4.63. The summed E-state index contributed by atoms with van der Waals surface area (Å²) in [6.07, 6.45) is -4.80. The molecule has 106 valence electrons. The maximum atomic E-state index is 12.6. The second-order valence-electron chi connectivity index (χ2n) is 4.42. The van der Waals surface area contributed by atoms with Gasteiger partial charge in [-0.05, 0) is 25.5 Å². The predicted octanol–water partition coefficient (Wildman–Crippen LogP) is 2.91. The predicted molar refractivity (Wildman–Crippen MR) is 69.3 cm³/mol. The summed E-state index contributed by atoms with van der Waals surface area (Å²) < 4.78 is 38.6. The molecule has 2 unspecified atom stereocenters. The number of nitrogens with two attached hydrogens (primary N) is 1. The van der Waals surface area contributed by atoms with Crippen LogP contribution in [0.3, 0.4) is 0 Å². The van der Waals surface area contributed by atoms with E-state index in [9.17, 15) is 18.0 Å². The lowest BCUT2D eigenvalue weighted by Gasteiger charge is -2.28. The van der Waals surface area contributed by atoms with Crippen LogP contribution >= 0.6 is 15.9 Å². The Morgan fingerprint density at radius 1 is 1.37 bits per heavy atom. The minimum atomic E-state index is -4.80. The second kappa shape index (κ2) is 5.50. The van der Waals surface area contributed by atoms with E-state index in [-0.39, 0.29) is 0 Å². The summed E-state index contributed by atoms with van der Waals surface area (Å²) in [5.41, 5.74) is 2.81. The normalized spacial score (nSPS) is 16.6. The number of alkyl halides is 3. The molecular weight excluding hydrogens is 325 g/mol. The number of hydrogen-bond donors (Lipinski definition) is 2. The molecule has 0 aliphatic heterocycles. The molecule has 0 aromatic heterocycles. The van der Waals surface area contributed by atoms with E-state index in [0.717, 1.165) is 0 Å². The first-order valence-electron chi connectivity index (χ1n) is 5.48. The van der Waals surface area contributed by atoms with Crippen LogP contribution < -0.4 is 11.1 Å². The molecule has 0 bridgehead atoms. The van der Waals surface area contributed by atoms with Crippen molar-refractivity contribution in [2.75, 3.05) is 0 Å². The van der Waals surface area contributed by atoms with Crippen molar-refractivity contribution in [3.8, 4) is 0 Å². The number of hydrogen-bond acceptors (Lipinski definition) is 2. The number of carbonyl (C=O) groups excluding carboxylic acids is 1. The van der Waals surface area contributed by atoms with Gasteiger partial charge >= 0.3 is 6.18 Å². The number of nitrogens with one attached hydrogen (secondary N) is 1. The molecule has 1 amide bonds. The first-order valence-corrected chi connectivity index (χ1v) is 6.27. The van der Waals surface area contributed by atoms with Crippen LogP contribution in [0.5, 0.6) is 0 Å². The smallest absolute Gasteiger partial charge is 0.348 e. The largest absolute Gasteiger partial charge is 0.415 e. The molecule has 0 radical (unpaired) electrons. The van der Waals surface area contributed by atoms with E-state index in [1.807, 2.05) is 0 Å². The van der Waals surface area contributed by atoms with Gasteiger partial charge in [0.25, 0.3) is 0 Å². The van der Waals surface area contributed by atoms with E-state index in [1.54, 1.807) is 31.2 Å². The van der Waals surface area contributed by atoms with E-state index < -0.39 is 23.7 Å². The summed E-state index contributed by atoms with van der Waals surface area (Å²) in [5.74, 6) is -1.26. The summed E-state index contributed by atoms with van der Waals surface area (Å²) >= 11 is 3.27. The van der Waals surface area contributed by atoms with Gasteiger partial charge in [0.15, 0.2) is 5.54 Å². The topological polar surface area (TPSA) is 55.1 Å². The average molecular weight is 339 g/mol. The molecule has 3 N–H and O–H groups in total. The highest BCUT2D eigenvalue weighted by atomic mass is 79.9. The van der Waals surface area contributed by atoms with Gasteiger partial charge in [0, 0.05) is 4.47 Å². The van der Waals surface area contributed by atoms with Crippen molar-refractivity contribution in [2.24, 2.45) is 5.73 Å². The minimum absolute atomic E-state index is 0.590. The van der Waals surface area contributed by atoms with Crippen molar-refractivity contribution in [3.63, 3.8) is 0 Å². The molecule has 0 saturated carbocycles. The van der Waals surface area contributed by atoms with Gasteiger partial charge in [-0.1, -0.05) is 34.1 Å². The third kappa shape index (κ3) is 3.48. The van der Waals surface area contributed by atoms with Gasteiger partial charge in [-0.15, -0.1) is 0 Å². The van der Waals surface area contributed by atoms with Gasteiger partial charge in [0.2, 0.25) is 5.91 Å². The van der Waals surface area contributed by atoms with Gasteiger partial charge in [-0.2, -0.15) is 13.2 Å². The summed E-state index contributed by atoms with van der Waals surface area (Å²) in [7, 11) is 0. The number of carbonyl (C=O) groups is 1. The molecule has 2 atom stereocenters. The van der Waals surface area contributed by atoms with Crippen LogP contribution in [0, 0.1) is 0 Å². The molecule has 0 aliphatic rings. The Hall–Kier alpha value is -1.08. The summed E-state index contributed by atoms with van der Waals surface area (Å²) in [6, 6.07) is 6.35. The van der Waals surface area contributed by atoms with Crippen LogP contribution in [-0.4, -0.2) is 17.6 Å². The van der Waals surface area contributed by atoms with Crippen molar-refractivity contribution in [3.05, 3.63) is 34.3 Å². The van der Waals surface area contributed by atoms with E-state index in [2.05, 4.69) is 21.2 Å². The van der Waals surface area contributed by atoms with E-state index in [4.69, 9.17) is 5.73 Å². The van der Waals surface area contributed by atoms with Crippen molar-refractivity contribution < 1.29 is 18.0 Å². The highest BCUT2D eigenvalue weighted by Crippen LogP contribution is 2.29. The molecule has 7 heteroatoms. The van der Waals surface area contributed by atoms with E-state index in [1.165, 1.54) is 0 Å². The lowest BCUT2D eigenvalue weighted by atomic mass is 10.0. The monoisotopic (exact) mass is 338 g/mol. The first-order chi connectivity index (χ1) is 8.57. The molecule has 3 nitrogen and oxygen atoms in total. The summed E-state index contributed by atoms with van der Waals surface area (Å²) in [5, 5.41) is 2.27. The van der Waals surface area contributed by atoms with Gasteiger partial charge in [-0.3, -0.25) is 4.79 Å². The number of amides is 1. The van der Waals surface area contributed by atoms with E-state index >= 15 is 0 Å². The molecule has 0 spiro atoms.